The van der Waals surface area contributed by atoms with E-state index < -0.39 is 0 Å². The third kappa shape index (κ3) is 5.55. The monoisotopic (exact) mass is 473 g/mol. The molecule has 144 valence electrons. The van der Waals surface area contributed by atoms with Crippen LogP contribution in [0.5, 0.6) is 5.75 Å². The van der Waals surface area contributed by atoms with Gasteiger partial charge in [-0.15, -0.1) is 34.2 Å². The van der Waals surface area contributed by atoms with Gasteiger partial charge in [-0.25, -0.2) is 0 Å². The molecule has 0 saturated heterocycles. The molecule has 0 saturated carbocycles. The minimum absolute atomic E-state index is 0. The zero-order chi connectivity index (χ0) is 18.2. The van der Waals surface area contributed by atoms with Crippen molar-refractivity contribution in [3.8, 4) is 5.75 Å². The Morgan fingerprint density at radius 2 is 2.08 bits per heavy atom. The molecule has 26 heavy (non-hydrogen) atoms. The number of aryl methyl sites for hydroxylation is 2. The number of ether oxygens (including phenoxy) is 1. The number of aliphatic imine (C=N–C) groups is 1. The first-order chi connectivity index (χ1) is 12.1. The summed E-state index contributed by atoms with van der Waals surface area (Å²) in [6.45, 7) is 8.17. The molecule has 0 aliphatic heterocycles. The van der Waals surface area contributed by atoms with Gasteiger partial charge in [0.1, 0.15) is 17.9 Å². The third-order valence-electron chi connectivity index (χ3n) is 4.05. The molecule has 0 amide bonds. The first kappa shape index (κ1) is 22.1. The van der Waals surface area contributed by atoms with Crippen LogP contribution in [0.25, 0.3) is 0 Å². The van der Waals surface area contributed by atoms with E-state index in [1.807, 2.05) is 24.6 Å². The molecule has 9 heteroatoms. The number of hydrogen-bond donors (Lipinski definition) is 2. The number of methoxy groups -OCH3 is 1. The lowest BCUT2D eigenvalue weighted by atomic mass is 10.1. The van der Waals surface area contributed by atoms with E-state index in [0.717, 1.165) is 53.9 Å². The van der Waals surface area contributed by atoms with Crippen molar-refractivity contribution < 1.29 is 4.74 Å². The van der Waals surface area contributed by atoms with Gasteiger partial charge >= 0.3 is 0 Å². The SMILES string of the molecule is CCc1nncn1CCNC(=NC)NCc1ncc(C)c(OC)c1C.I. The molecule has 8 nitrogen and oxygen atoms in total. The molecule has 0 aliphatic carbocycles. The average Bonchev–Trinajstić information content (AvgIpc) is 3.07. The highest BCUT2D eigenvalue weighted by atomic mass is 127. The summed E-state index contributed by atoms with van der Waals surface area (Å²) in [5, 5.41) is 14.6. The van der Waals surface area contributed by atoms with Crippen molar-refractivity contribution in [1.82, 2.24) is 30.4 Å². The number of nitrogens with one attached hydrogen (secondary N) is 2. The second-order valence-corrected chi connectivity index (χ2v) is 5.69. The van der Waals surface area contributed by atoms with Gasteiger partial charge in [0.25, 0.3) is 0 Å². The Labute approximate surface area is 171 Å². The van der Waals surface area contributed by atoms with Gasteiger partial charge < -0.3 is 19.9 Å². The number of rotatable bonds is 7. The Bertz CT molecular complexity index is 730. The minimum Gasteiger partial charge on any atom is -0.496 e. The number of hydrogen-bond acceptors (Lipinski definition) is 5. The van der Waals surface area contributed by atoms with Crippen molar-refractivity contribution in [2.75, 3.05) is 20.7 Å². The lowest BCUT2D eigenvalue weighted by molar-refractivity contribution is 0.406. The number of nitrogens with zero attached hydrogens (tertiary/aromatic N) is 5. The largest absolute Gasteiger partial charge is 0.496 e. The molecule has 2 rings (SSSR count). The molecule has 0 radical (unpaired) electrons. The second-order valence-electron chi connectivity index (χ2n) is 5.69. The number of aromatic nitrogens is 4. The van der Waals surface area contributed by atoms with Crippen LogP contribution in [0, 0.1) is 13.8 Å². The van der Waals surface area contributed by atoms with E-state index >= 15 is 0 Å². The maximum absolute atomic E-state index is 5.45. The number of halogens is 1. The molecule has 0 bridgehead atoms. The fourth-order valence-electron chi connectivity index (χ4n) is 2.67. The first-order valence-electron chi connectivity index (χ1n) is 8.40. The van der Waals surface area contributed by atoms with Crippen LogP contribution >= 0.6 is 24.0 Å². The molecular formula is C17H28IN7O. The van der Waals surface area contributed by atoms with Crippen LogP contribution in [0.4, 0.5) is 0 Å². The zero-order valence-corrected chi connectivity index (χ0v) is 18.4. The van der Waals surface area contributed by atoms with E-state index in [0.29, 0.717) is 6.54 Å². The van der Waals surface area contributed by atoms with Gasteiger partial charge in [-0.1, -0.05) is 6.92 Å². The fourth-order valence-corrected chi connectivity index (χ4v) is 2.67. The van der Waals surface area contributed by atoms with Crippen LogP contribution in [0.3, 0.4) is 0 Å². The van der Waals surface area contributed by atoms with Crippen molar-refractivity contribution in [3.63, 3.8) is 0 Å². The highest BCUT2D eigenvalue weighted by Gasteiger charge is 2.10. The van der Waals surface area contributed by atoms with E-state index in [4.69, 9.17) is 4.74 Å². The summed E-state index contributed by atoms with van der Waals surface area (Å²) in [7, 11) is 3.43. The van der Waals surface area contributed by atoms with E-state index in [9.17, 15) is 0 Å². The summed E-state index contributed by atoms with van der Waals surface area (Å²) < 4.78 is 7.49. The molecule has 0 aliphatic rings. The smallest absolute Gasteiger partial charge is 0.191 e. The van der Waals surface area contributed by atoms with Gasteiger partial charge in [0.2, 0.25) is 0 Å². The molecule has 2 heterocycles. The van der Waals surface area contributed by atoms with Crippen molar-refractivity contribution in [2.45, 2.75) is 40.3 Å². The fraction of sp³-hybridized carbons (Fsp3) is 0.529. The molecule has 2 aromatic rings. The molecule has 2 aromatic heterocycles. The van der Waals surface area contributed by atoms with E-state index in [1.54, 1.807) is 20.5 Å². The molecule has 0 atom stereocenters. The quantitative estimate of drug-likeness (QED) is 0.363. The summed E-state index contributed by atoms with van der Waals surface area (Å²) in [6.07, 6.45) is 4.45. The van der Waals surface area contributed by atoms with Crippen molar-refractivity contribution >= 4 is 29.9 Å². The molecule has 0 aromatic carbocycles. The van der Waals surface area contributed by atoms with Gasteiger partial charge in [-0.05, 0) is 13.8 Å². The van der Waals surface area contributed by atoms with Crippen molar-refractivity contribution in [2.24, 2.45) is 4.99 Å². The lowest BCUT2D eigenvalue weighted by Crippen LogP contribution is -2.38. The minimum atomic E-state index is 0. The highest BCUT2D eigenvalue weighted by molar-refractivity contribution is 14.0. The van der Waals surface area contributed by atoms with Crippen molar-refractivity contribution in [1.29, 1.82) is 0 Å². The Balaban J connectivity index is 0.00000338. The summed E-state index contributed by atoms with van der Waals surface area (Å²) in [5.74, 6) is 2.60. The molecule has 0 unspecified atom stereocenters. The Morgan fingerprint density at radius 3 is 2.73 bits per heavy atom. The Hall–Kier alpha value is -1.91. The van der Waals surface area contributed by atoms with Crippen LogP contribution in [0.1, 0.15) is 29.6 Å². The lowest BCUT2D eigenvalue weighted by Gasteiger charge is -2.15. The predicted molar refractivity (Wildman–Crippen MR) is 113 cm³/mol. The summed E-state index contributed by atoms with van der Waals surface area (Å²) >= 11 is 0. The summed E-state index contributed by atoms with van der Waals surface area (Å²) in [6, 6.07) is 0. The Morgan fingerprint density at radius 1 is 1.31 bits per heavy atom. The molecule has 0 spiro atoms. The average molecular weight is 473 g/mol. The van der Waals surface area contributed by atoms with Gasteiger partial charge in [-0.2, -0.15) is 0 Å². The van der Waals surface area contributed by atoms with Crippen LogP contribution in [0.15, 0.2) is 17.5 Å². The number of guanidine groups is 1. The van der Waals surface area contributed by atoms with Gasteiger partial charge in [0.15, 0.2) is 5.96 Å². The zero-order valence-electron chi connectivity index (χ0n) is 16.0. The summed E-state index contributed by atoms with van der Waals surface area (Å²) in [4.78, 5) is 8.74. The topological polar surface area (TPSA) is 89.2 Å². The number of pyridine rings is 1. The molecule has 0 fully saturated rings. The van der Waals surface area contributed by atoms with Crippen LogP contribution < -0.4 is 15.4 Å². The Kier molecular flexibility index (Phi) is 9.31. The predicted octanol–water partition coefficient (Wildman–Crippen LogP) is 1.84. The maximum Gasteiger partial charge on any atom is 0.191 e. The summed E-state index contributed by atoms with van der Waals surface area (Å²) in [5.41, 5.74) is 3.02. The standard InChI is InChI=1S/C17H27N7O.HI/c1-6-15-23-22-11-24(15)8-7-19-17(18-4)21-10-14-13(3)16(25-5)12(2)9-20-14;/h9,11H,6-8,10H2,1-5H3,(H2,18,19,21);1H. The van der Waals surface area contributed by atoms with Crippen LogP contribution in [0.2, 0.25) is 0 Å². The first-order valence-corrected chi connectivity index (χ1v) is 8.40. The van der Waals surface area contributed by atoms with E-state index in [-0.39, 0.29) is 24.0 Å². The second kappa shape index (κ2) is 10.9. The molecular weight excluding hydrogens is 445 g/mol. The molecule has 2 N–H and O–H groups in total. The van der Waals surface area contributed by atoms with Crippen molar-refractivity contribution in [3.05, 3.63) is 35.2 Å². The third-order valence-corrected chi connectivity index (χ3v) is 4.05. The highest BCUT2D eigenvalue weighted by Crippen LogP contribution is 2.23. The van der Waals surface area contributed by atoms with Crippen LogP contribution in [-0.2, 0) is 19.5 Å². The van der Waals surface area contributed by atoms with E-state index in [1.165, 1.54) is 0 Å². The maximum atomic E-state index is 5.45. The van der Waals surface area contributed by atoms with Gasteiger partial charge in [0.05, 0.1) is 19.3 Å². The van der Waals surface area contributed by atoms with Crippen LogP contribution in [-0.4, -0.2) is 46.4 Å². The van der Waals surface area contributed by atoms with Gasteiger partial charge in [0, 0.05) is 43.9 Å². The van der Waals surface area contributed by atoms with Gasteiger partial charge in [-0.3, -0.25) is 9.98 Å². The normalized spacial score (nSPS) is 11.0. The van der Waals surface area contributed by atoms with E-state index in [2.05, 4.69) is 37.7 Å².